The lowest BCUT2D eigenvalue weighted by molar-refractivity contribution is -0.384. The molecular formula is C20H25F3N6O5S. The van der Waals surface area contributed by atoms with Crippen molar-refractivity contribution in [2.45, 2.75) is 37.6 Å². The minimum Gasteiger partial charge on any atom is -0.475 e. The third-order valence-corrected chi connectivity index (χ3v) is 6.50. The number of carbonyl (C=O) groups excluding carboxylic acids is 1. The normalized spacial score (nSPS) is 19.1. The van der Waals surface area contributed by atoms with Crippen LogP contribution in [0.25, 0.3) is 0 Å². The van der Waals surface area contributed by atoms with Gasteiger partial charge < -0.3 is 10.0 Å². The standard InChI is InChI=1S/C18H24N6O3S.C2HF3O2/c19-9-17-12-28-13-22(17)18(25)11-23(20)15-5-7-21(8-6-15)10-14-1-3-16(4-2-14)24(26)27;3-2(4,5)1(6)7/h1-4,15,17H,5-8,10-13,20H2;(H,6,7). The Hall–Kier alpha value is -2.93. The van der Waals surface area contributed by atoms with Crippen LogP contribution in [0.4, 0.5) is 18.9 Å². The molecule has 0 bridgehead atoms. The van der Waals surface area contributed by atoms with Crippen molar-refractivity contribution in [1.82, 2.24) is 14.8 Å². The number of nitro benzene ring substituents is 1. The molecule has 1 aromatic rings. The van der Waals surface area contributed by atoms with Crippen molar-refractivity contribution in [2.24, 2.45) is 5.84 Å². The Morgan fingerprint density at radius 1 is 1.29 bits per heavy atom. The fourth-order valence-electron chi connectivity index (χ4n) is 3.56. The Morgan fingerprint density at radius 2 is 1.86 bits per heavy atom. The number of carbonyl (C=O) groups is 2. The molecule has 2 heterocycles. The van der Waals surface area contributed by atoms with Crippen LogP contribution in [0.3, 0.4) is 0 Å². The number of non-ortho nitro benzene ring substituents is 1. The number of rotatable bonds is 6. The fourth-order valence-corrected chi connectivity index (χ4v) is 4.67. The lowest BCUT2D eigenvalue weighted by Gasteiger charge is -2.36. The van der Waals surface area contributed by atoms with Crippen LogP contribution in [-0.4, -0.2) is 86.2 Å². The first-order chi connectivity index (χ1) is 16.4. The Kier molecular flexibility index (Phi) is 10.3. The Balaban J connectivity index is 0.000000540. The lowest BCUT2D eigenvalue weighted by Crippen LogP contribution is -2.52. The number of amides is 1. The molecule has 3 rings (SSSR count). The van der Waals surface area contributed by atoms with Crippen LogP contribution in [0.1, 0.15) is 18.4 Å². The molecule has 35 heavy (non-hydrogen) atoms. The van der Waals surface area contributed by atoms with E-state index in [-0.39, 0.29) is 30.2 Å². The average Bonchev–Trinajstić information content (AvgIpc) is 3.29. The van der Waals surface area contributed by atoms with Gasteiger partial charge in [-0.3, -0.25) is 25.7 Å². The number of hydrogen-bond acceptors (Lipinski definition) is 9. The molecule has 0 saturated carbocycles. The Bertz CT molecular complexity index is 935. The van der Waals surface area contributed by atoms with E-state index in [1.54, 1.807) is 33.8 Å². The van der Waals surface area contributed by atoms with Crippen LogP contribution < -0.4 is 5.84 Å². The molecule has 2 fully saturated rings. The Morgan fingerprint density at radius 3 is 2.34 bits per heavy atom. The summed E-state index contributed by atoms with van der Waals surface area (Å²) in [7, 11) is 0. The van der Waals surface area contributed by atoms with Gasteiger partial charge in [0.25, 0.3) is 5.69 Å². The highest BCUT2D eigenvalue weighted by Crippen LogP contribution is 2.22. The third-order valence-electron chi connectivity index (χ3n) is 5.49. The number of likely N-dealkylation sites (tertiary alicyclic amines) is 1. The van der Waals surface area contributed by atoms with Gasteiger partial charge in [-0.25, -0.2) is 9.80 Å². The topological polar surface area (TPSA) is 157 Å². The molecule has 15 heteroatoms. The molecule has 192 valence electrons. The maximum Gasteiger partial charge on any atom is 0.490 e. The Labute approximate surface area is 203 Å². The summed E-state index contributed by atoms with van der Waals surface area (Å²) in [6.07, 6.45) is -3.37. The van der Waals surface area contributed by atoms with Crippen LogP contribution in [0.2, 0.25) is 0 Å². The van der Waals surface area contributed by atoms with Crippen molar-refractivity contribution >= 4 is 29.3 Å². The van der Waals surface area contributed by atoms with Crippen LogP contribution in [0.15, 0.2) is 24.3 Å². The molecule has 0 spiro atoms. The first-order valence-corrected chi connectivity index (χ1v) is 11.6. The predicted molar refractivity (Wildman–Crippen MR) is 120 cm³/mol. The van der Waals surface area contributed by atoms with Crippen molar-refractivity contribution in [3.8, 4) is 6.07 Å². The molecule has 1 atom stereocenters. The van der Waals surface area contributed by atoms with Crippen LogP contribution in [0, 0.1) is 21.4 Å². The number of alkyl halides is 3. The second-order valence-electron chi connectivity index (χ2n) is 7.91. The lowest BCUT2D eigenvalue weighted by atomic mass is 10.0. The molecule has 1 unspecified atom stereocenters. The molecule has 1 aromatic carbocycles. The van der Waals surface area contributed by atoms with Crippen molar-refractivity contribution in [3.05, 3.63) is 39.9 Å². The van der Waals surface area contributed by atoms with Gasteiger partial charge in [-0.2, -0.15) is 18.4 Å². The first-order valence-electron chi connectivity index (χ1n) is 10.5. The van der Waals surface area contributed by atoms with Gasteiger partial charge in [-0.1, -0.05) is 12.1 Å². The zero-order chi connectivity index (χ0) is 26.2. The highest BCUT2D eigenvalue weighted by atomic mass is 32.2. The first kappa shape index (κ1) is 28.3. The van der Waals surface area contributed by atoms with Crippen molar-refractivity contribution in [2.75, 3.05) is 31.3 Å². The molecular weight excluding hydrogens is 493 g/mol. The van der Waals surface area contributed by atoms with E-state index in [0.29, 0.717) is 11.6 Å². The van der Waals surface area contributed by atoms with Crippen LogP contribution in [0.5, 0.6) is 0 Å². The van der Waals surface area contributed by atoms with E-state index in [0.717, 1.165) is 38.0 Å². The molecule has 2 saturated heterocycles. The van der Waals surface area contributed by atoms with E-state index in [1.165, 1.54) is 12.1 Å². The largest absolute Gasteiger partial charge is 0.490 e. The number of carboxylic acids is 1. The number of benzene rings is 1. The summed E-state index contributed by atoms with van der Waals surface area (Å²) < 4.78 is 31.7. The van der Waals surface area contributed by atoms with E-state index in [2.05, 4.69) is 11.0 Å². The molecule has 1 amide bonds. The molecule has 0 radical (unpaired) electrons. The summed E-state index contributed by atoms with van der Waals surface area (Å²) in [4.78, 5) is 35.6. The van der Waals surface area contributed by atoms with E-state index < -0.39 is 17.1 Å². The van der Waals surface area contributed by atoms with E-state index in [4.69, 9.17) is 21.0 Å². The number of nitro groups is 1. The number of nitrogens with two attached hydrogens (primary N) is 1. The molecule has 0 aliphatic carbocycles. The maximum atomic E-state index is 12.4. The quantitative estimate of drug-likeness (QED) is 0.323. The van der Waals surface area contributed by atoms with Gasteiger partial charge >= 0.3 is 12.1 Å². The SMILES string of the molecule is N#CC1CSCN1C(=O)CN(N)C1CCN(Cc2ccc([N+](=O)[O-])cc2)CC1.O=C(O)C(F)(F)F. The molecule has 11 nitrogen and oxygen atoms in total. The number of hydrazine groups is 1. The molecule has 0 aromatic heterocycles. The number of piperidine rings is 1. The number of halogens is 3. The highest BCUT2D eigenvalue weighted by Gasteiger charge is 2.38. The second kappa shape index (κ2) is 12.7. The molecule has 2 aliphatic heterocycles. The van der Waals surface area contributed by atoms with Gasteiger partial charge in [-0.05, 0) is 18.4 Å². The molecule has 3 N–H and O–H groups in total. The maximum absolute atomic E-state index is 12.4. The van der Waals surface area contributed by atoms with Gasteiger partial charge in [-0.15, -0.1) is 11.8 Å². The van der Waals surface area contributed by atoms with Gasteiger partial charge in [0.2, 0.25) is 5.91 Å². The van der Waals surface area contributed by atoms with E-state index >= 15 is 0 Å². The van der Waals surface area contributed by atoms with Crippen molar-refractivity contribution < 1.29 is 32.8 Å². The summed E-state index contributed by atoms with van der Waals surface area (Å²) in [6, 6.07) is 8.58. The van der Waals surface area contributed by atoms with E-state index in [1.807, 2.05) is 0 Å². The number of carboxylic acid groups (broad SMARTS) is 1. The van der Waals surface area contributed by atoms with Gasteiger partial charge in [0, 0.05) is 43.6 Å². The monoisotopic (exact) mass is 518 g/mol. The molecule has 2 aliphatic rings. The van der Waals surface area contributed by atoms with Gasteiger partial charge in [0.15, 0.2) is 0 Å². The third kappa shape index (κ3) is 8.66. The predicted octanol–water partition coefficient (Wildman–Crippen LogP) is 1.79. The second-order valence-corrected chi connectivity index (χ2v) is 8.91. The highest BCUT2D eigenvalue weighted by molar-refractivity contribution is 7.99. The number of thioether (sulfide) groups is 1. The number of nitriles is 1. The summed E-state index contributed by atoms with van der Waals surface area (Å²) in [5, 5.41) is 28.6. The van der Waals surface area contributed by atoms with Crippen LogP contribution >= 0.6 is 11.8 Å². The minimum atomic E-state index is -5.08. The zero-order valence-corrected chi connectivity index (χ0v) is 19.4. The summed E-state index contributed by atoms with van der Waals surface area (Å²) in [5.41, 5.74) is 1.14. The summed E-state index contributed by atoms with van der Waals surface area (Å²) in [5.74, 6) is 4.53. The summed E-state index contributed by atoms with van der Waals surface area (Å²) in [6.45, 7) is 2.57. The van der Waals surface area contributed by atoms with Crippen molar-refractivity contribution in [3.63, 3.8) is 0 Å². The summed E-state index contributed by atoms with van der Waals surface area (Å²) >= 11 is 1.59. The number of aliphatic carboxylic acids is 1. The number of hydrogen-bond donors (Lipinski definition) is 2. The van der Waals surface area contributed by atoms with E-state index in [9.17, 15) is 28.1 Å². The zero-order valence-electron chi connectivity index (χ0n) is 18.6. The smallest absolute Gasteiger partial charge is 0.475 e. The van der Waals surface area contributed by atoms with Crippen LogP contribution in [-0.2, 0) is 16.1 Å². The van der Waals surface area contributed by atoms with Gasteiger partial charge in [0.1, 0.15) is 6.04 Å². The average molecular weight is 519 g/mol. The number of nitrogens with zero attached hydrogens (tertiary/aromatic N) is 5. The fraction of sp³-hybridized carbons (Fsp3) is 0.550. The minimum absolute atomic E-state index is 0.0904. The van der Waals surface area contributed by atoms with Crippen molar-refractivity contribution in [1.29, 1.82) is 5.26 Å². The van der Waals surface area contributed by atoms with Gasteiger partial charge in [0.05, 0.1) is 23.4 Å².